The van der Waals surface area contributed by atoms with Crippen LogP contribution in [0.5, 0.6) is 5.75 Å². The minimum atomic E-state index is -0.0608. The molecule has 0 unspecified atom stereocenters. The number of ether oxygens (including phenoxy) is 1. The second-order valence-electron chi connectivity index (χ2n) is 6.16. The smallest absolute Gasteiger partial charge is 0.251 e. The Hall–Kier alpha value is -2.14. The Bertz CT molecular complexity index is 726. The number of aromatic amines is 1. The number of aromatic nitrogens is 2. The third-order valence-electron chi connectivity index (χ3n) is 4.37. The van der Waals surface area contributed by atoms with E-state index in [4.69, 9.17) is 4.74 Å². The van der Waals surface area contributed by atoms with E-state index in [1.54, 1.807) is 13.2 Å². The molecule has 1 N–H and O–H groups in total. The molecule has 122 valence electrons. The van der Waals surface area contributed by atoms with Gasteiger partial charge in [-0.1, -0.05) is 18.2 Å². The van der Waals surface area contributed by atoms with Crippen LogP contribution in [0.4, 0.5) is 0 Å². The molecule has 0 amide bonds. The van der Waals surface area contributed by atoms with Gasteiger partial charge < -0.3 is 9.72 Å². The van der Waals surface area contributed by atoms with Gasteiger partial charge in [0.15, 0.2) is 0 Å². The molecule has 1 aromatic carbocycles. The van der Waals surface area contributed by atoms with Crippen molar-refractivity contribution >= 4 is 0 Å². The fraction of sp³-hybridized carbons (Fsp3) is 0.444. The van der Waals surface area contributed by atoms with E-state index in [1.807, 2.05) is 25.1 Å². The zero-order chi connectivity index (χ0) is 16.2. The number of hydrogen-bond acceptors (Lipinski definition) is 4. The van der Waals surface area contributed by atoms with Crippen molar-refractivity contribution in [3.05, 3.63) is 57.8 Å². The summed E-state index contributed by atoms with van der Waals surface area (Å²) in [7, 11) is 1.71. The van der Waals surface area contributed by atoms with Gasteiger partial charge in [0.1, 0.15) is 11.6 Å². The van der Waals surface area contributed by atoms with Gasteiger partial charge in [0.05, 0.1) is 7.11 Å². The third-order valence-corrected chi connectivity index (χ3v) is 4.37. The summed E-state index contributed by atoms with van der Waals surface area (Å²) in [4.78, 5) is 21.5. The van der Waals surface area contributed by atoms with Gasteiger partial charge >= 0.3 is 0 Å². The quantitative estimate of drug-likeness (QED) is 0.942. The molecule has 0 bridgehead atoms. The molecule has 0 aliphatic carbocycles. The number of piperidine rings is 1. The van der Waals surface area contributed by atoms with E-state index >= 15 is 0 Å². The minimum absolute atomic E-state index is 0.0608. The third kappa shape index (κ3) is 3.79. The molecule has 1 atom stereocenters. The van der Waals surface area contributed by atoms with Crippen molar-refractivity contribution in [1.82, 2.24) is 14.9 Å². The number of likely N-dealkylation sites (tertiary alicyclic amines) is 1. The monoisotopic (exact) mass is 313 g/mol. The van der Waals surface area contributed by atoms with Gasteiger partial charge in [-0.2, -0.15) is 0 Å². The lowest BCUT2D eigenvalue weighted by Crippen LogP contribution is -2.35. The number of aryl methyl sites for hydroxylation is 1. The first-order valence-corrected chi connectivity index (χ1v) is 8.08. The lowest BCUT2D eigenvalue weighted by Gasteiger charge is -2.32. The molecular formula is C18H23N3O2. The standard InChI is InChI=1S/C18H23N3O2/c1-13-10-17(22)20-18(19-13)15-7-5-9-21(12-15)11-14-6-3-4-8-16(14)23-2/h3-4,6,8,10,15H,5,7,9,11-12H2,1-2H3,(H,19,20,22)/t15-/m0/s1. The first-order chi connectivity index (χ1) is 11.2. The molecule has 5 nitrogen and oxygen atoms in total. The first kappa shape index (κ1) is 15.7. The number of nitrogens with zero attached hydrogens (tertiary/aromatic N) is 2. The first-order valence-electron chi connectivity index (χ1n) is 8.08. The highest BCUT2D eigenvalue weighted by molar-refractivity contribution is 5.33. The Morgan fingerprint density at radius 3 is 3.00 bits per heavy atom. The summed E-state index contributed by atoms with van der Waals surface area (Å²) in [6.45, 7) is 4.69. The van der Waals surface area contributed by atoms with Crippen LogP contribution in [0, 0.1) is 6.92 Å². The van der Waals surface area contributed by atoms with E-state index in [0.717, 1.165) is 49.7 Å². The average Bonchev–Trinajstić information content (AvgIpc) is 2.55. The number of benzene rings is 1. The minimum Gasteiger partial charge on any atom is -0.496 e. The van der Waals surface area contributed by atoms with Crippen LogP contribution < -0.4 is 10.3 Å². The Kier molecular flexibility index (Phi) is 4.76. The molecule has 2 heterocycles. The number of para-hydroxylation sites is 1. The van der Waals surface area contributed by atoms with Gasteiger partial charge in [0.2, 0.25) is 0 Å². The van der Waals surface area contributed by atoms with Gasteiger partial charge in [0.25, 0.3) is 5.56 Å². The van der Waals surface area contributed by atoms with Crippen molar-refractivity contribution < 1.29 is 4.74 Å². The van der Waals surface area contributed by atoms with Gasteiger partial charge in [-0.3, -0.25) is 9.69 Å². The van der Waals surface area contributed by atoms with Gasteiger partial charge in [0, 0.05) is 36.3 Å². The molecule has 1 saturated heterocycles. The Morgan fingerprint density at radius 1 is 1.39 bits per heavy atom. The fourth-order valence-electron chi connectivity index (χ4n) is 3.29. The second kappa shape index (κ2) is 6.96. The predicted octanol–water partition coefficient (Wildman–Crippen LogP) is 2.47. The van der Waals surface area contributed by atoms with Crippen LogP contribution in [-0.2, 0) is 6.54 Å². The molecule has 0 saturated carbocycles. The van der Waals surface area contributed by atoms with E-state index in [9.17, 15) is 4.79 Å². The number of rotatable bonds is 4. The van der Waals surface area contributed by atoms with Crippen LogP contribution in [0.2, 0.25) is 0 Å². The predicted molar refractivity (Wildman–Crippen MR) is 89.8 cm³/mol. The van der Waals surface area contributed by atoms with Crippen molar-refractivity contribution in [2.75, 3.05) is 20.2 Å². The highest BCUT2D eigenvalue weighted by Crippen LogP contribution is 2.27. The Balaban J connectivity index is 1.74. The summed E-state index contributed by atoms with van der Waals surface area (Å²) in [6.07, 6.45) is 2.17. The lowest BCUT2D eigenvalue weighted by molar-refractivity contribution is 0.194. The number of methoxy groups -OCH3 is 1. The molecule has 1 fully saturated rings. The van der Waals surface area contributed by atoms with Crippen molar-refractivity contribution in [2.24, 2.45) is 0 Å². The second-order valence-corrected chi connectivity index (χ2v) is 6.16. The topological polar surface area (TPSA) is 58.2 Å². The van der Waals surface area contributed by atoms with Crippen LogP contribution >= 0.6 is 0 Å². The van der Waals surface area contributed by atoms with E-state index in [2.05, 4.69) is 20.9 Å². The summed E-state index contributed by atoms with van der Waals surface area (Å²) >= 11 is 0. The highest BCUT2D eigenvalue weighted by atomic mass is 16.5. The zero-order valence-corrected chi connectivity index (χ0v) is 13.7. The molecular weight excluding hydrogens is 290 g/mol. The van der Waals surface area contributed by atoms with Gasteiger partial charge in [-0.05, 0) is 32.4 Å². The molecule has 3 rings (SSSR count). The maximum Gasteiger partial charge on any atom is 0.251 e. The maximum atomic E-state index is 11.7. The highest BCUT2D eigenvalue weighted by Gasteiger charge is 2.24. The van der Waals surface area contributed by atoms with E-state index in [1.165, 1.54) is 5.56 Å². The van der Waals surface area contributed by atoms with Crippen molar-refractivity contribution in [2.45, 2.75) is 32.2 Å². The number of nitrogens with one attached hydrogen (secondary N) is 1. The molecule has 0 spiro atoms. The number of H-pyrrole nitrogens is 1. The Labute approximate surface area is 136 Å². The normalized spacial score (nSPS) is 18.8. The molecule has 1 aromatic heterocycles. The molecule has 2 aromatic rings. The molecule has 1 aliphatic rings. The fourth-order valence-corrected chi connectivity index (χ4v) is 3.29. The molecule has 0 radical (unpaired) electrons. The average molecular weight is 313 g/mol. The van der Waals surface area contributed by atoms with Crippen LogP contribution in [0.3, 0.4) is 0 Å². The summed E-state index contributed by atoms with van der Waals surface area (Å²) in [5.74, 6) is 2.03. The van der Waals surface area contributed by atoms with Crippen molar-refractivity contribution in [3.8, 4) is 5.75 Å². The van der Waals surface area contributed by atoms with E-state index < -0.39 is 0 Å². The van der Waals surface area contributed by atoms with Crippen molar-refractivity contribution in [1.29, 1.82) is 0 Å². The Morgan fingerprint density at radius 2 is 2.22 bits per heavy atom. The summed E-state index contributed by atoms with van der Waals surface area (Å²) in [5, 5.41) is 0. The largest absolute Gasteiger partial charge is 0.496 e. The van der Waals surface area contributed by atoms with Gasteiger partial charge in [-0.25, -0.2) is 4.98 Å². The van der Waals surface area contributed by atoms with E-state index in [0.29, 0.717) is 0 Å². The van der Waals surface area contributed by atoms with Gasteiger partial charge in [-0.15, -0.1) is 0 Å². The zero-order valence-electron chi connectivity index (χ0n) is 13.7. The summed E-state index contributed by atoms with van der Waals surface area (Å²) in [6, 6.07) is 9.67. The lowest BCUT2D eigenvalue weighted by atomic mass is 9.96. The molecule has 1 aliphatic heterocycles. The maximum absolute atomic E-state index is 11.7. The van der Waals surface area contributed by atoms with E-state index in [-0.39, 0.29) is 11.5 Å². The molecule has 5 heteroatoms. The molecule has 23 heavy (non-hydrogen) atoms. The van der Waals surface area contributed by atoms with Crippen molar-refractivity contribution in [3.63, 3.8) is 0 Å². The van der Waals surface area contributed by atoms with Crippen LogP contribution in [0.25, 0.3) is 0 Å². The summed E-state index contributed by atoms with van der Waals surface area (Å²) < 4.78 is 5.44. The summed E-state index contributed by atoms with van der Waals surface area (Å²) in [5.41, 5.74) is 1.92. The SMILES string of the molecule is COc1ccccc1CN1CCC[C@H](c2nc(C)cc(=O)[nH]2)C1. The van der Waals surface area contributed by atoms with Crippen LogP contribution in [-0.4, -0.2) is 35.1 Å². The van der Waals surface area contributed by atoms with Crippen LogP contribution in [0.15, 0.2) is 35.1 Å². The van der Waals surface area contributed by atoms with Crippen LogP contribution in [0.1, 0.15) is 35.8 Å². The number of hydrogen-bond donors (Lipinski definition) is 1.